The van der Waals surface area contributed by atoms with Crippen molar-refractivity contribution in [3.63, 3.8) is 0 Å². The zero-order valence-corrected chi connectivity index (χ0v) is 16.9. The van der Waals surface area contributed by atoms with Crippen molar-refractivity contribution in [2.75, 3.05) is 0 Å². The van der Waals surface area contributed by atoms with E-state index in [1.807, 2.05) is 42.5 Å². The monoisotopic (exact) mass is 385 g/mol. The number of carbonyl (C=O) groups excluding carboxylic acids is 1. The Labute approximate surface area is 172 Å². The molecule has 4 nitrogen and oxygen atoms in total. The molecule has 1 heterocycles. The van der Waals surface area contributed by atoms with E-state index in [9.17, 15) is 4.79 Å². The Morgan fingerprint density at radius 1 is 1.03 bits per heavy atom. The third kappa shape index (κ3) is 5.32. The fraction of sp³-hybridized carbons (Fsp3) is 0.200. The van der Waals surface area contributed by atoms with Gasteiger partial charge in [0.05, 0.1) is 12.2 Å². The van der Waals surface area contributed by atoms with Gasteiger partial charge in [0.25, 0.3) is 0 Å². The van der Waals surface area contributed by atoms with Gasteiger partial charge in [0.2, 0.25) is 5.91 Å². The molecular weight excluding hydrogens is 358 g/mol. The van der Waals surface area contributed by atoms with Gasteiger partial charge in [-0.05, 0) is 18.1 Å². The first kappa shape index (κ1) is 20.3. The lowest BCUT2D eigenvalue weighted by Gasteiger charge is -2.12. The van der Waals surface area contributed by atoms with E-state index in [4.69, 9.17) is 4.98 Å². The summed E-state index contributed by atoms with van der Waals surface area (Å²) in [5, 5.41) is 2.93. The van der Waals surface area contributed by atoms with E-state index in [0.29, 0.717) is 18.7 Å². The highest BCUT2D eigenvalue weighted by Crippen LogP contribution is 2.20. The third-order valence-electron chi connectivity index (χ3n) is 4.77. The van der Waals surface area contributed by atoms with Gasteiger partial charge in [-0.2, -0.15) is 0 Å². The molecule has 0 radical (unpaired) electrons. The number of hydrogen-bond donors (Lipinski definition) is 1. The zero-order valence-electron chi connectivity index (χ0n) is 16.9. The molecule has 0 atom stereocenters. The number of nitrogens with zero attached hydrogens (tertiary/aromatic N) is 2. The lowest BCUT2D eigenvalue weighted by molar-refractivity contribution is -0.117. The molecule has 4 heteroatoms. The minimum Gasteiger partial charge on any atom is -0.347 e. The first-order chi connectivity index (χ1) is 14.1. The predicted molar refractivity (Wildman–Crippen MR) is 118 cm³/mol. The average molecular weight is 386 g/mol. The number of carbonyl (C=O) groups is 1. The molecule has 1 N–H and O–H groups in total. The fourth-order valence-electron chi connectivity index (χ4n) is 3.29. The van der Waals surface area contributed by atoms with Crippen LogP contribution in [-0.2, 0) is 30.7 Å². The lowest BCUT2D eigenvalue weighted by Crippen LogP contribution is -2.24. The van der Waals surface area contributed by atoms with E-state index in [2.05, 4.69) is 47.3 Å². The smallest absolute Gasteiger partial charge is 0.246 e. The van der Waals surface area contributed by atoms with Crippen LogP contribution in [0.5, 0.6) is 0 Å². The number of nitrogens with one attached hydrogen (secondary N) is 1. The molecule has 3 rings (SSSR count). The van der Waals surface area contributed by atoms with Crippen molar-refractivity contribution >= 4 is 5.91 Å². The molecule has 0 spiro atoms. The second-order valence-electron chi connectivity index (χ2n) is 7.11. The lowest BCUT2D eigenvalue weighted by atomic mass is 10.1. The molecule has 0 fully saturated rings. The number of hydrogen-bond acceptors (Lipinski definition) is 2. The van der Waals surface area contributed by atoms with Gasteiger partial charge in [0.15, 0.2) is 0 Å². The maximum Gasteiger partial charge on any atom is 0.246 e. The number of amides is 1. The minimum absolute atomic E-state index is 0.154. The van der Waals surface area contributed by atoms with Crippen molar-refractivity contribution in [1.29, 1.82) is 0 Å². The Balaban J connectivity index is 1.98. The quantitative estimate of drug-likeness (QED) is 0.437. The molecule has 0 saturated heterocycles. The van der Waals surface area contributed by atoms with Gasteiger partial charge in [0.1, 0.15) is 5.82 Å². The normalized spacial score (nSPS) is 10.5. The molecule has 0 aliphatic rings. The summed E-state index contributed by atoms with van der Waals surface area (Å²) in [4.78, 5) is 17.0. The van der Waals surface area contributed by atoms with Crippen molar-refractivity contribution in [2.45, 2.75) is 32.9 Å². The standard InChI is InChI=1S/C25H27N3O/c1-4-15-28-23(16-20-11-7-5-8-12-20)22(18-26-25(29)19(2)3)27-24(28)17-21-13-9-6-10-14-21/h4-14H,1-2,15-18H2,3H3,(H,26,29). The van der Waals surface area contributed by atoms with Gasteiger partial charge < -0.3 is 9.88 Å². The van der Waals surface area contributed by atoms with E-state index in [0.717, 1.165) is 30.1 Å². The van der Waals surface area contributed by atoms with Gasteiger partial charge in [-0.25, -0.2) is 4.98 Å². The summed E-state index contributed by atoms with van der Waals surface area (Å²) in [5.41, 5.74) is 4.88. The van der Waals surface area contributed by atoms with Crippen LogP contribution in [0, 0.1) is 0 Å². The molecule has 0 bridgehead atoms. The molecule has 148 valence electrons. The Morgan fingerprint density at radius 2 is 1.62 bits per heavy atom. The number of rotatable bonds is 9. The van der Waals surface area contributed by atoms with Crippen LogP contribution in [0.25, 0.3) is 0 Å². The van der Waals surface area contributed by atoms with Crippen LogP contribution in [0.15, 0.2) is 85.5 Å². The van der Waals surface area contributed by atoms with Crippen molar-refractivity contribution in [3.05, 3.63) is 114 Å². The highest BCUT2D eigenvalue weighted by atomic mass is 16.1. The Bertz CT molecular complexity index is 988. The summed E-state index contributed by atoms with van der Waals surface area (Å²) in [6.45, 7) is 10.4. The van der Waals surface area contributed by atoms with Crippen LogP contribution < -0.4 is 5.32 Å². The van der Waals surface area contributed by atoms with Gasteiger partial charge in [-0.1, -0.05) is 73.3 Å². The molecule has 1 amide bonds. The zero-order chi connectivity index (χ0) is 20.6. The molecule has 29 heavy (non-hydrogen) atoms. The van der Waals surface area contributed by atoms with Crippen LogP contribution in [0.2, 0.25) is 0 Å². The van der Waals surface area contributed by atoms with Gasteiger partial charge >= 0.3 is 0 Å². The first-order valence-electron chi connectivity index (χ1n) is 9.78. The van der Waals surface area contributed by atoms with E-state index in [1.54, 1.807) is 6.92 Å². The number of imidazole rings is 1. The van der Waals surface area contributed by atoms with E-state index >= 15 is 0 Å². The summed E-state index contributed by atoms with van der Waals surface area (Å²) in [6.07, 6.45) is 3.36. The minimum atomic E-state index is -0.154. The maximum absolute atomic E-state index is 12.0. The summed E-state index contributed by atoms with van der Waals surface area (Å²) >= 11 is 0. The van der Waals surface area contributed by atoms with Crippen LogP contribution in [0.1, 0.15) is 35.3 Å². The molecule has 0 aliphatic heterocycles. The Kier molecular flexibility index (Phi) is 6.80. The SMILES string of the molecule is C=CCn1c(Cc2ccccc2)nc(CNC(=O)C(=C)C)c1Cc1ccccc1. The van der Waals surface area contributed by atoms with Gasteiger partial charge in [-0.15, -0.1) is 6.58 Å². The number of benzene rings is 2. The highest BCUT2D eigenvalue weighted by molar-refractivity contribution is 5.91. The van der Waals surface area contributed by atoms with Crippen LogP contribution in [0.4, 0.5) is 0 Å². The molecule has 0 unspecified atom stereocenters. The van der Waals surface area contributed by atoms with Gasteiger partial charge in [0, 0.05) is 30.7 Å². The van der Waals surface area contributed by atoms with Crippen molar-refractivity contribution in [3.8, 4) is 0 Å². The third-order valence-corrected chi connectivity index (χ3v) is 4.77. The fourth-order valence-corrected chi connectivity index (χ4v) is 3.29. The molecule has 1 aromatic heterocycles. The van der Waals surface area contributed by atoms with Crippen LogP contribution in [0.3, 0.4) is 0 Å². The summed E-state index contributed by atoms with van der Waals surface area (Å²) in [5.74, 6) is 0.820. The molecule has 0 aliphatic carbocycles. The summed E-state index contributed by atoms with van der Waals surface area (Å²) < 4.78 is 2.22. The molecule has 2 aromatic carbocycles. The first-order valence-corrected chi connectivity index (χ1v) is 9.78. The van der Waals surface area contributed by atoms with Crippen LogP contribution >= 0.6 is 0 Å². The summed E-state index contributed by atoms with van der Waals surface area (Å²) in [7, 11) is 0. The molecular formula is C25H27N3O. The van der Waals surface area contributed by atoms with Crippen molar-refractivity contribution < 1.29 is 4.79 Å². The van der Waals surface area contributed by atoms with Gasteiger partial charge in [-0.3, -0.25) is 4.79 Å². The van der Waals surface area contributed by atoms with E-state index in [1.165, 1.54) is 11.1 Å². The second kappa shape index (κ2) is 9.69. The highest BCUT2D eigenvalue weighted by Gasteiger charge is 2.18. The maximum atomic E-state index is 12.0. The second-order valence-corrected chi connectivity index (χ2v) is 7.11. The van der Waals surface area contributed by atoms with E-state index < -0.39 is 0 Å². The number of allylic oxidation sites excluding steroid dienone is 1. The largest absolute Gasteiger partial charge is 0.347 e. The molecule has 0 saturated carbocycles. The van der Waals surface area contributed by atoms with Crippen molar-refractivity contribution in [1.82, 2.24) is 14.9 Å². The predicted octanol–water partition coefficient (Wildman–Crippen LogP) is 4.44. The van der Waals surface area contributed by atoms with E-state index in [-0.39, 0.29) is 5.91 Å². The Morgan fingerprint density at radius 3 is 2.17 bits per heavy atom. The van der Waals surface area contributed by atoms with Crippen LogP contribution in [-0.4, -0.2) is 15.5 Å². The average Bonchev–Trinajstić information content (AvgIpc) is 3.04. The summed E-state index contributed by atoms with van der Waals surface area (Å²) in [6, 6.07) is 20.6. The Hall–Kier alpha value is -3.40. The molecule has 3 aromatic rings. The number of aromatic nitrogens is 2. The van der Waals surface area contributed by atoms with Crippen molar-refractivity contribution in [2.24, 2.45) is 0 Å². The topological polar surface area (TPSA) is 46.9 Å².